The minimum absolute atomic E-state index is 0.0628. The Balaban J connectivity index is 2.82. The Morgan fingerprint density at radius 2 is 2.24 bits per heavy atom. The maximum atomic E-state index is 13.7. The first-order valence-electron chi connectivity index (χ1n) is 5.47. The lowest BCUT2D eigenvalue weighted by Gasteiger charge is -2.08. The molecule has 0 bridgehead atoms. The molecule has 1 amide bonds. The normalized spacial score (nSPS) is 10.5. The van der Waals surface area contributed by atoms with Gasteiger partial charge in [0, 0.05) is 12.4 Å². The van der Waals surface area contributed by atoms with Gasteiger partial charge >= 0.3 is 0 Å². The number of fused-ring (bicyclic) bond motifs is 1. The van der Waals surface area contributed by atoms with Gasteiger partial charge in [-0.3, -0.25) is 9.78 Å². The van der Waals surface area contributed by atoms with E-state index >= 15 is 0 Å². The summed E-state index contributed by atoms with van der Waals surface area (Å²) in [4.78, 5) is 15.7. The highest BCUT2D eigenvalue weighted by Gasteiger charge is 2.16. The topological polar surface area (TPSA) is 42.0 Å². The van der Waals surface area contributed by atoms with Crippen LogP contribution < -0.4 is 5.32 Å². The fourth-order valence-corrected chi connectivity index (χ4v) is 1.90. The average Bonchev–Trinajstić information content (AvgIpc) is 2.36. The molecular formula is C13H13FN2O. The number of para-hydroxylation sites is 1. The summed E-state index contributed by atoms with van der Waals surface area (Å²) >= 11 is 0. The molecule has 4 heteroatoms. The highest BCUT2D eigenvalue weighted by atomic mass is 19.1. The number of rotatable bonds is 2. The Labute approximate surface area is 98.7 Å². The number of halogens is 1. The predicted octanol–water partition coefficient (Wildman–Crippen LogP) is 2.30. The van der Waals surface area contributed by atoms with Gasteiger partial charge in [-0.05, 0) is 12.0 Å². The van der Waals surface area contributed by atoms with Crippen LogP contribution >= 0.6 is 0 Å². The van der Waals surface area contributed by atoms with E-state index in [1.54, 1.807) is 6.07 Å². The van der Waals surface area contributed by atoms with Gasteiger partial charge in [-0.15, -0.1) is 0 Å². The summed E-state index contributed by atoms with van der Waals surface area (Å²) in [6.07, 6.45) is 1.90. The molecule has 0 aliphatic carbocycles. The molecule has 2 aromatic rings. The van der Waals surface area contributed by atoms with Gasteiger partial charge in [-0.25, -0.2) is 4.39 Å². The van der Waals surface area contributed by atoms with Crippen molar-refractivity contribution in [1.82, 2.24) is 10.3 Å². The number of nitrogens with one attached hydrogen (secondary N) is 1. The average molecular weight is 232 g/mol. The third-order valence-electron chi connectivity index (χ3n) is 2.77. The molecule has 1 aromatic heterocycles. The van der Waals surface area contributed by atoms with Crippen LogP contribution in [0.5, 0.6) is 0 Å². The van der Waals surface area contributed by atoms with E-state index in [1.165, 1.54) is 7.05 Å². The summed E-state index contributed by atoms with van der Waals surface area (Å²) in [7, 11) is 1.48. The lowest BCUT2D eigenvalue weighted by Crippen LogP contribution is -2.20. The maximum Gasteiger partial charge on any atom is 0.254 e. The van der Waals surface area contributed by atoms with Crippen LogP contribution in [-0.4, -0.2) is 17.9 Å². The van der Waals surface area contributed by atoms with Gasteiger partial charge in [0.05, 0.1) is 17.3 Å². The molecule has 0 saturated carbocycles. The van der Waals surface area contributed by atoms with Crippen molar-refractivity contribution in [1.29, 1.82) is 0 Å². The fraction of sp³-hybridized carbons (Fsp3) is 0.231. The number of carbonyl (C=O) groups is 1. The van der Waals surface area contributed by atoms with Crippen molar-refractivity contribution in [3.63, 3.8) is 0 Å². The van der Waals surface area contributed by atoms with Gasteiger partial charge in [0.1, 0.15) is 0 Å². The molecule has 0 fully saturated rings. The number of hydrogen-bond acceptors (Lipinski definition) is 2. The first-order valence-corrected chi connectivity index (χ1v) is 5.47. The molecular weight excluding hydrogens is 219 g/mol. The first-order chi connectivity index (χ1) is 8.19. The van der Waals surface area contributed by atoms with E-state index in [-0.39, 0.29) is 5.56 Å². The smallest absolute Gasteiger partial charge is 0.254 e. The molecule has 1 heterocycles. The Morgan fingerprint density at radius 3 is 2.88 bits per heavy atom. The Morgan fingerprint density at radius 1 is 1.47 bits per heavy atom. The third kappa shape index (κ3) is 1.86. The van der Waals surface area contributed by atoms with E-state index < -0.39 is 11.7 Å². The number of aromatic nitrogens is 1. The monoisotopic (exact) mass is 232 g/mol. The molecule has 1 N–H and O–H groups in total. The van der Waals surface area contributed by atoms with Crippen LogP contribution in [0.2, 0.25) is 0 Å². The van der Waals surface area contributed by atoms with Crippen LogP contribution in [0.15, 0.2) is 24.4 Å². The van der Waals surface area contributed by atoms with E-state index in [0.29, 0.717) is 10.9 Å². The van der Waals surface area contributed by atoms with Gasteiger partial charge in [0.25, 0.3) is 5.91 Å². The molecule has 0 radical (unpaired) electrons. The molecule has 0 unspecified atom stereocenters. The number of amides is 1. The minimum Gasteiger partial charge on any atom is -0.355 e. The molecule has 0 aliphatic heterocycles. The maximum absolute atomic E-state index is 13.7. The highest BCUT2D eigenvalue weighted by molar-refractivity contribution is 6.06. The lowest BCUT2D eigenvalue weighted by molar-refractivity contribution is 0.0961. The van der Waals surface area contributed by atoms with Crippen LogP contribution in [0.25, 0.3) is 10.9 Å². The summed E-state index contributed by atoms with van der Waals surface area (Å²) in [5, 5.41) is 3.00. The van der Waals surface area contributed by atoms with Gasteiger partial charge in [-0.2, -0.15) is 0 Å². The molecule has 3 nitrogen and oxygen atoms in total. The van der Waals surface area contributed by atoms with Gasteiger partial charge in [-0.1, -0.05) is 25.1 Å². The van der Waals surface area contributed by atoms with Crippen molar-refractivity contribution in [3.8, 4) is 0 Å². The standard InChI is InChI=1S/C13H13FN2O/c1-3-8-5-4-6-9-11(13(17)15-2)10(14)7-16-12(8)9/h4-7H,3H2,1-2H3,(H,15,17). The summed E-state index contributed by atoms with van der Waals surface area (Å²) in [6.45, 7) is 2.00. The summed E-state index contributed by atoms with van der Waals surface area (Å²) in [5.41, 5.74) is 1.76. The Kier molecular flexibility index (Phi) is 3.04. The molecule has 0 saturated heterocycles. The van der Waals surface area contributed by atoms with Crippen molar-refractivity contribution >= 4 is 16.8 Å². The van der Waals surface area contributed by atoms with Crippen LogP contribution in [0.1, 0.15) is 22.8 Å². The SMILES string of the molecule is CCc1cccc2c(C(=O)NC)c(F)cnc12. The van der Waals surface area contributed by atoms with Crippen LogP contribution in [0.3, 0.4) is 0 Å². The highest BCUT2D eigenvalue weighted by Crippen LogP contribution is 2.22. The van der Waals surface area contributed by atoms with Crippen molar-refractivity contribution in [2.75, 3.05) is 7.05 Å². The second-order valence-corrected chi connectivity index (χ2v) is 3.73. The van der Waals surface area contributed by atoms with Crippen molar-refractivity contribution in [2.45, 2.75) is 13.3 Å². The Hall–Kier alpha value is -1.97. The van der Waals surface area contributed by atoms with Crippen LogP contribution in [0, 0.1) is 5.82 Å². The third-order valence-corrected chi connectivity index (χ3v) is 2.77. The largest absolute Gasteiger partial charge is 0.355 e. The predicted molar refractivity (Wildman–Crippen MR) is 64.5 cm³/mol. The summed E-state index contributed by atoms with van der Waals surface area (Å²) in [6, 6.07) is 5.46. The molecule has 17 heavy (non-hydrogen) atoms. The number of aryl methyl sites for hydroxylation is 1. The number of nitrogens with zero attached hydrogens (tertiary/aromatic N) is 1. The fourth-order valence-electron chi connectivity index (χ4n) is 1.90. The zero-order valence-electron chi connectivity index (χ0n) is 9.75. The number of benzene rings is 1. The van der Waals surface area contributed by atoms with Gasteiger partial charge in [0.2, 0.25) is 0 Å². The first kappa shape index (κ1) is 11.5. The number of pyridine rings is 1. The molecule has 88 valence electrons. The molecule has 2 rings (SSSR count). The van der Waals surface area contributed by atoms with Gasteiger partial charge < -0.3 is 5.32 Å². The molecule has 0 atom stereocenters. The van der Waals surface area contributed by atoms with E-state index in [4.69, 9.17) is 0 Å². The van der Waals surface area contributed by atoms with Gasteiger partial charge in [0.15, 0.2) is 5.82 Å². The number of hydrogen-bond donors (Lipinski definition) is 1. The van der Waals surface area contributed by atoms with Crippen LogP contribution in [0.4, 0.5) is 4.39 Å². The van der Waals surface area contributed by atoms with Crippen molar-refractivity contribution in [3.05, 3.63) is 41.3 Å². The molecule has 0 spiro atoms. The van der Waals surface area contributed by atoms with Crippen molar-refractivity contribution in [2.24, 2.45) is 0 Å². The summed E-state index contributed by atoms with van der Waals surface area (Å²) in [5.74, 6) is -1.02. The quantitative estimate of drug-likeness (QED) is 0.863. The summed E-state index contributed by atoms with van der Waals surface area (Å²) < 4.78 is 13.7. The Bertz CT molecular complexity index is 581. The lowest BCUT2D eigenvalue weighted by atomic mass is 10.0. The number of carbonyl (C=O) groups excluding carboxylic acids is 1. The molecule has 1 aromatic carbocycles. The van der Waals surface area contributed by atoms with E-state index in [9.17, 15) is 9.18 Å². The van der Waals surface area contributed by atoms with E-state index in [0.717, 1.165) is 18.2 Å². The van der Waals surface area contributed by atoms with Crippen LogP contribution in [-0.2, 0) is 6.42 Å². The van der Waals surface area contributed by atoms with E-state index in [1.807, 2.05) is 19.1 Å². The minimum atomic E-state index is -0.592. The second kappa shape index (κ2) is 4.49. The zero-order valence-corrected chi connectivity index (χ0v) is 9.75. The van der Waals surface area contributed by atoms with Crippen molar-refractivity contribution < 1.29 is 9.18 Å². The zero-order chi connectivity index (χ0) is 12.4. The van der Waals surface area contributed by atoms with E-state index in [2.05, 4.69) is 10.3 Å². The second-order valence-electron chi connectivity index (χ2n) is 3.73. The molecule has 0 aliphatic rings.